The van der Waals surface area contributed by atoms with Gasteiger partial charge < -0.3 is 21.1 Å². The highest BCUT2D eigenvalue weighted by Crippen LogP contribution is 2.37. The zero-order valence-corrected chi connectivity index (χ0v) is 22.7. The summed E-state index contributed by atoms with van der Waals surface area (Å²) >= 11 is 0. The Kier molecular flexibility index (Phi) is 8.84. The molecule has 0 aromatic heterocycles. The maximum absolute atomic E-state index is 13.4. The van der Waals surface area contributed by atoms with E-state index in [0.717, 1.165) is 11.1 Å². The van der Waals surface area contributed by atoms with Crippen molar-refractivity contribution >= 4 is 35.0 Å². The van der Waals surface area contributed by atoms with Gasteiger partial charge in [-0.3, -0.25) is 14.5 Å². The monoisotopic (exact) mass is 548 g/mol. The van der Waals surface area contributed by atoms with Crippen molar-refractivity contribution < 1.29 is 23.1 Å². The van der Waals surface area contributed by atoms with Crippen LogP contribution in [0.15, 0.2) is 78.9 Å². The number of likely N-dealkylation sites (tertiary alicyclic amines) is 1. The van der Waals surface area contributed by atoms with Crippen LogP contribution in [-0.2, 0) is 9.59 Å². The summed E-state index contributed by atoms with van der Waals surface area (Å²) in [5.41, 5.74) is 9.18. The second kappa shape index (κ2) is 12.3. The first-order valence-electron chi connectivity index (χ1n) is 13.0. The molecule has 210 valence electrons. The number of rotatable bonds is 8. The first-order chi connectivity index (χ1) is 19.0. The molecule has 4 rings (SSSR count). The largest absolute Gasteiger partial charge is 0.435 e. The fourth-order valence-corrected chi connectivity index (χ4v) is 4.72. The topological polar surface area (TPSA) is 96.7 Å². The van der Waals surface area contributed by atoms with Crippen molar-refractivity contribution in [1.82, 2.24) is 4.90 Å². The summed E-state index contributed by atoms with van der Waals surface area (Å²) in [6.45, 7) is 4.74. The Balaban J connectivity index is 1.45. The summed E-state index contributed by atoms with van der Waals surface area (Å²) in [7, 11) is 0. The van der Waals surface area contributed by atoms with Crippen LogP contribution in [0, 0.1) is 5.92 Å². The molecular formula is C31H34F2N4O3. The van der Waals surface area contributed by atoms with E-state index in [1.165, 1.54) is 18.2 Å². The van der Waals surface area contributed by atoms with Gasteiger partial charge in [0, 0.05) is 36.3 Å². The van der Waals surface area contributed by atoms with E-state index in [-0.39, 0.29) is 34.9 Å². The number of alkyl halides is 2. The van der Waals surface area contributed by atoms with Gasteiger partial charge in [0.1, 0.15) is 5.75 Å². The van der Waals surface area contributed by atoms with Gasteiger partial charge in [-0.05, 0) is 74.4 Å². The molecule has 0 spiro atoms. The highest BCUT2D eigenvalue weighted by atomic mass is 19.3. The highest BCUT2D eigenvalue weighted by molar-refractivity contribution is 6.03. The summed E-state index contributed by atoms with van der Waals surface area (Å²) in [6.07, 6.45) is 3.17. The Morgan fingerprint density at radius 2 is 1.65 bits per heavy atom. The van der Waals surface area contributed by atoms with E-state index in [0.29, 0.717) is 30.2 Å². The molecule has 40 heavy (non-hydrogen) atoms. The lowest BCUT2D eigenvalue weighted by atomic mass is 9.88. The number of amides is 2. The lowest BCUT2D eigenvalue weighted by Gasteiger charge is -2.31. The van der Waals surface area contributed by atoms with Gasteiger partial charge >= 0.3 is 6.61 Å². The van der Waals surface area contributed by atoms with Gasteiger partial charge in [-0.1, -0.05) is 36.4 Å². The molecular weight excluding hydrogens is 514 g/mol. The van der Waals surface area contributed by atoms with E-state index in [9.17, 15) is 18.4 Å². The van der Waals surface area contributed by atoms with Crippen LogP contribution in [-0.4, -0.2) is 42.0 Å². The maximum atomic E-state index is 13.4. The number of benzene rings is 3. The highest BCUT2D eigenvalue weighted by Gasteiger charge is 2.42. The molecule has 2 unspecified atom stereocenters. The van der Waals surface area contributed by atoms with Crippen molar-refractivity contribution in [2.75, 3.05) is 29.5 Å². The fourth-order valence-electron chi connectivity index (χ4n) is 4.72. The molecule has 0 radical (unpaired) electrons. The standard InChI is InChI=1S/C31H34F2N4O3/c1-31(2,3)37-18-24(25(19-37)29(39)35-22-13-15-23(16-14-22)40-30(32)33)21-11-8-20(9-12-21)10-17-28(38)36-27-7-5-4-6-26(27)34/h4-17,24-25,30H,18-19,34H2,1-3H3,(H,35,39)(H,36,38)/b17-10+. The van der Waals surface area contributed by atoms with Gasteiger partial charge in [0.15, 0.2) is 0 Å². The molecule has 1 heterocycles. The average molecular weight is 549 g/mol. The van der Waals surface area contributed by atoms with Gasteiger partial charge in [0.05, 0.1) is 17.3 Å². The molecule has 1 aliphatic rings. The first kappa shape index (κ1) is 28.8. The predicted octanol–water partition coefficient (Wildman–Crippen LogP) is 5.97. The van der Waals surface area contributed by atoms with Crippen LogP contribution >= 0.6 is 0 Å². The molecule has 0 saturated carbocycles. The lowest BCUT2D eigenvalue weighted by molar-refractivity contribution is -0.120. The van der Waals surface area contributed by atoms with Crippen LogP contribution in [0.25, 0.3) is 6.08 Å². The van der Waals surface area contributed by atoms with Gasteiger partial charge in [-0.25, -0.2) is 0 Å². The van der Waals surface area contributed by atoms with E-state index < -0.39 is 6.61 Å². The van der Waals surface area contributed by atoms with Crippen LogP contribution in [0.4, 0.5) is 25.8 Å². The fraction of sp³-hybridized carbons (Fsp3) is 0.290. The number of nitrogens with zero attached hydrogens (tertiary/aromatic N) is 1. The summed E-state index contributed by atoms with van der Waals surface area (Å²) in [4.78, 5) is 28.0. The number of anilines is 3. The Morgan fingerprint density at radius 3 is 2.27 bits per heavy atom. The molecule has 4 N–H and O–H groups in total. The molecule has 1 saturated heterocycles. The second-order valence-electron chi connectivity index (χ2n) is 10.8. The van der Waals surface area contributed by atoms with Crippen molar-refractivity contribution in [2.24, 2.45) is 5.92 Å². The van der Waals surface area contributed by atoms with Crippen molar-refractivity contribution in [3.63, 3.8) is 0 Å². The van der Waals surface area contributed by atoms with Crippen molar-refractivity contribution in [3.8, 4) is 5.75 Å². The number of hydrogen-bond acceptors (Lipinski definition) is 5. The van der Waals surface area contributed by atoms with E-state index in [1.54, 1.807) is 42.5 Å². The quantitative estimate of drug-likeness (QED) is 0.238. The van der Waals surface area contributed by atoms with Gasteiger partial charge in [0.2, 0.25) is 11.8 Å². The van der Waals surface area contributed by atoms with Crippen molar-refractivity contribution in [3.05, 3.63) is 90.0 Å². The lowest BCUT2D eigenvalue weighted by Crippen LogP contribution is -2.40. The van der Waals surface area contributed by atoms with Gasteiger partial charge in [0.25, 0.3) is 0 Å². The third kappa shape index (κ3) is 7.45. The van der Waals surface area contributed by atoms with Crippen LogP contribution in [0.5, 0.6) is 5.75 Å². The maximum Gasteiger partial charge on any atom is 0.387 e. The van der Waals surface area contributed by atoms with E-state index in [1.807, 2.05) is 24.3 Å². The number of nitrogen functional groups attached to an aromatic ring is 1. The number of para-hydroxylation sites is 2. The number of ether oxygens (including phenoxy) is 1. The molecule has 3 aromatic rings. The minimum atomic E-state index is -2.91. The Bertz CT molecular complexity index is 1350. The van der Waals surface area contributed by atoms with E-state index >= 15 is 0 Å². The number of carbonyl (C=O) groups is 2. The van der Waals surface area contributed by atoms with Crippen molar-refractivity contribution in [2.45, 2.75) is 38.8 Å². The number of hydrogen-bond donors (Lipinski definition) is 3. The second-order valence-corrected chi connectivity index (χ2v) is 10.8. The molecule has 9 heteroatoms. The van der Waals surface area contributed by atoms with Crippen molar-refractivity contribution in [1.29, 1.82) is 0 Å². The number of halogens is 2. The van der Waals surface area contributed by atoms with E-state index in [4.69, 9.17) is 5.73 Å². The summed E-state index contributed by atoms with van der Waals surface area (Å²) in [5.74, 6) is -0.770. The molecule has 0 bridgehead atoms. The summed E-state index contributed by atoms with van der Waals surface area (Å²) in [6, 6.07) is 20.8. The minimum Gasteiger partial charge on any atom is -0.435 e. The molecule has 2 amide bonds. The Labute approximate surface area is 233 Å². The number of nitrogens with one attached hydrogen (secondary N) is 2. The SMILES string of the molecule is CC(C)(C)N1CC(C(=O)Nc2ccc(OC(F)F)cc2)C(c2ccc(/C=C/C(=O)Nc3ccccc3N)cc2)C1. The third-order valence-corrected chi connectivity index (χ3v) is 6.96. The minimum absolute atomic E-state index is 0.0291. The van der Waals surface area contributed by atoms with Gasteiger partial charge in [-0.2, -0.15) is 8.78 Å². The van der Waals surface area contributed by atoms with E-state index in [2.05, 4.69) is 41.0 Å². The first-order valence-corrected chi connectivity index (χ1v) is 13.0. The smallest absolute Gasteiger partial charge is 0.387 e. The zero-order chi connectivity index (χ0) is 28.9. The molecule has 0 aliphatic carbocycles. The van der Waals surface area contributed by atoms with Crippen LogP contribution in [0.1, 0.15) is 37.8 Å². The molecule has 3 aromatic carbocycles. The average Bonchev–Trinajstić information content (AvgIpc) is 3.37. The van der Waals surface area contributed by atoms with Crippen LogP contribution < -0.4 is 21.1 Å². The zero-order valence-electron chi connectivity index (χ0n) is 22.7. The number of nitrogens with two attached hydrogens (primary N) is 1. The summed E-state index contributed by atoms with van der Waals surface area (Å²) in [5, 5.41) is 5.69. The molecule has 2 atom stereocenters. The molecule has 1 fully saturated rings. The van der Waals surface area contributed by atoms with Crippen LogP contribution in [0.3, 0.4) is 0 Å². The Hall–Kier alpha value is -4.24. The number of carbonyl (C=O) groups excluding carboxylic acids is 2. The molecule has 7 nitrogen and oxygen atoms in total. The Morgan fingerprint density at radius 1 is 0.975 bits per heavy atom. The third-order valence-electron chi connectivity index (χ3n) is 6.96. The molecule has 1 aliphatic heterocycles. The predicted molar refractivity (Wildman–Crippen MR) is 154 cm³/mol. The van der Waals surface area contributed by atoms with Crippen LogP contribution in [0.2, 0.25) is 0 Å². The summed E-state index contributed by atoms with van der Waals surface area (Å²) < 4.78 is 29.3. The normalized spacial score (nSPS) is 17.8. The van der Waals surface area contributed by atoms with Gasteiger partial charge in [-0.15, -0.1) is 0 Å².